The van der Waals surface area contributed by atoms with Gasteiger partial charge in [-0.05, 0) is 0 Å². The summed E-state index contributed by atoms with van der Waals surface area (Å²) in [6.45, 7) is 1.14. The van der Waals surface area contributed by atoms with Crippen molar-refractivity contribution in [1.29, 1.82) is 0 Å². The maximum absolute atomic E-state index is 5.76. The molecule has 4 aromatic carbocycles. The number of rotatable bonds is 5. The Labute approximate surface area is 183 Å². The maximum atomic E-state index is 5.76. The third-order valence-corrected chi connectivity index (χ3v) is 3.50. The first kappa shape index (κ1) is 25.4. The fourth-order valence-corrected chi connectivity index (χ4v) is 2.34. The minimum absolute atomic E-state index is 0. The summed E-state index contributed by atoms with van der Waals surface area (Å²) in [5.74, 6) is 0. The molecule has 0 bridgehead atoms. The fourth-order valence-electron chi connectivity index (χ4n) is 2.34. The van der Waals surface area contributed by atoms with Gasteiger partial charge in [-0.15, -0.1) is 11.1 Å². The molecule has 0 aliphatic rings. The zero-order chi connectivity index (χ0) is 17.6. The van der Waals surface area contributed by atoms with Crippen LogP contribution in [0.15, 0.2) is 109 Å². The molecule has 0 heterocycles. The Morgan fingerprint density at radius 3 is 1.30 bits per heavy atom. The van der Waals surface area contributed by atoms with E-state index in [2.05, 4.69) is 24.3 Å². The molecule has 0 aliphatic carbocycles. The van der Waals surface area contributed by atoms with Crippen molar-refractivity contribution < 1.29 is 38.9 Å². The van der Waals surface area contributed by atoms with Gasteiger partial charge in [0.2, 0.25) is 0 Å². The second kappa shape index (κ2) is 16.5. The van der Waals surface area contributed by atoms with Gasteiger partial charge in [0, 0.05) is 12.6 Å². The largest absolute Gasteiger partial charge is 2.00 e. The molecule has 0 saturated carbocycles. The number of hydrogen-bond acceptors (Lipinski definition) is 2. The Kier molecular flexibility index (Phi) is 15.5. The summed E-state index contributed by atoms with van der Waals surface area (Å²) in [6, 6.07) is 36.4. The molecule has 0 unspecified atom stereocenters. The summed E-state index contributed by atoms with van der Waals surface area (Å²) < 4.78 is 5.76. The van der Waals surface area contributed by atoms with Crippen LogP contribution in [-0.2, 0) is 38.9 Å². The molecule has 4 rings (SSSR count). The Hall–Kier alpha value is -1.64. The van der Waals surface area contributed by atoms with Gasteiger partial charge in [0.1, 0.15) is 0 Å². The van der Waals surface area contributed by atoms with E-state index < -0.39 is 0 Å². The summed E-state index contributed by atoms with van der Waals surface area (Å²) in [6.07, 6.45) is 0.0264. The summed E-state index contributed by atoms with van der Waals surface area (Å²) in [5.41, 5.74) is 7.84. The zero-order valence-electron chi connectivity index (χ0n) is 15.1. The molecule has 27 heavy (non-hydrogen) atoms. The number of ether oxygens (including phenoxy) is 1. The van der Waals surface area contributed by atoms with Crippen molar-refractivity contribution in [1.82, 2.24) is 0 Å². The predicted octanol–water partition coefficient (Wildman–Crippen LogP) is 5.00. The van der Waals surface area contributed by atoms with E-state index in [9.17, 15) is 0 Å². The molecule has 0 fully saturated rings. The quantitative estimate of drug-likeness (QED) is 0.349. The van der Waals surface area contributed by atoms with Crippen LogP contribution in [0.1, 0.15) is 17.2 Å². The van der Waals surface area contributed by atoms with E-state index in [1.54, 1.807) is 0 Å². The molecule has 0 spiro atoms. The average Bonchev–Trinajstić information content (AvgIpc) is 3.49. The normalized spacial score (nSPS) is 9.11. The molecule has 4 heteroatoms. The Balaban J connectivity index is 0.000000465. The summed E-state index contributed by atoms with van der Waals surface area (Å²) in [4.78, 5) is 0. The van der Waals surface area contributed by atoms with Gasteiger partial charge in [0.05, 0.1) is 6.61 Å². The summed E-state index contributed by atoms with van der Waals surface area (Å²) >= 11 is 0. The molecule has 0 aliphatic heterocycles. The smallest absolute Gasteiger partial charge is 0.392 e. The number of hydrogen-bond donors (Lipinski definition) is 1. The Morgan fingerprint density at radius 2 is 1.04 bits per heavy atom. The van der Waals surface area contributed by atoms with E-state index in [1.807, 2.05) is 84.9 Å². The van der Waals surface area contributed by atoms with Gasteiger partial charge in [-0.1, -0.05) is 0 Å². The molecule has 2 nitrogen and oxygen atoms in total. The minimum atomic E-state index is 0. The minimum Gasteiger partial charge on any atom is -0.392 e. The maximum Gasteiger partial charge on any atom is 2.00 e. The van der Waals surface area contributed by atoms with Crippen LogP contribution in [0.25, 0.3) is 0 Å². The van der Waals surface area contributed by atoms with Gasteiger partial charge in [-0.3, -0.25) is 0 Å². The van der Waals surface area contributed by atoms with E-state index in [-0.39, 0.29) is 40.2 Å². The molecule has 0 saturated heterocycles. The van der Waals surface area contributed by atoms with E-state index in [1.165, 1.54) is 11.1 Å². The standard InChI is InChI=1S/C13H15NO.2C5H5.2Fe/c14-9-10-15-13(11-5-1-2-6-11)12-7-3-4-8-12;2*1-2-4-5-3-1;;/h1-8,13H,9-10,14H2;2*1-5H;;/q-2;2*-1;2*+2. The molecule has 144 valence electrons. The molecular formula is C23H25Fe2NO. The molecular weight excluding hydrogens is 418 g/mol. The van der Waals surface area contributed by atoms with Crippen molar-refractivity contribution in [3.05, 3.63) is 120 Å². The van der Waals surface area contributed by atoms with Crippen molar-refractivity contribution >= 4 is 0 Å². The zero-order valence-corrected chi connectivity index (χ0v) is 17.3. The molecule has 4 aromatic rings. The molecule has 0 radical (unpaired) electrons. The van der Waals surface area contributed by atoms with E-state index in [0.717, 1.165) is 0 Å². The second-order valence-corrected chi connectivity index (χ2v) is 5.40. The van der Waals surface area contributed by atoms with Gasteiger partial charge in [0.25, 0.3) is 0 Å². The van der Waals surface area contributed by atoms with E-state index >= 15 is 0 Å². The topological polar surface area (TPSA) is 35.2 Å². The van der Waals surface area contributed by atoms with Gasteiger partial charge in [0.15, 0.2) is 0 Å². The molecule has 0 amide bonds. The molecule has 2 N–H and O–H groups in total. The van der Waals surface area contributed by atoms with E-state index in [0.29, 0.717) is 13.2 Å². The van der Waals surface area contributed by atoms with Crippen LogP contribution in [0.3, 0.4) is 0 Å². The van der Waals surface area contributed by atoms with Crippen LogP contribution in [0, 0.1) is 0 Å². The van der Waals surface area contributed by atoms with Crippen LogP contribution < -0.4 is 5.73 Å². The third-order valence-electron chi connectivity index (χ3n) is 3.50. The summed E-state index contributed by atoms with van der Waals surface area (Å²) in [7, 11) is 0. The third kappa shape index (κ3) is 10.3. The van der Waals surface area contributed by atoms with Crippen molar-refractivity contribution in [2.45, 2.75) is 6.10 Å². The van der Waals surface area contributed by atoms with Crippen LogP contribution in [0.4, 0.5) is 0 Å². The van der Waals surface area contributed by atoms with Crippen LogP contribution in [-0.4, -0.2) is 13.2 Å². The first-order valence-corrected chi connectivity index (χ1v) is 8.50. The summed E-state index contributed by atoms with van der Waals surface area (Å²) in [5, 5.41) is 0. The Bertz CT molecular complexity index is 604. The van der Waals surface area contributed by atoms with Crippen molar-refractivity contribution in [3.8, 4) is 0 Å². The van der Waals surface area contributed by atoms with Crippen molar-refractivity contribution in [3.63, 3.8) is 0 Å². The first-order chi connectivity index (χ1) is 12.4. The molecule has 0 atom stereocenters. The van der Waals surface area contributed by atoms with Crippen LogP contribution in [0.5, 0.6) is 0 Å². The van der Waals surface area contributed by atoms with Gasteiger partial charge in [-0.25, -0.2) is 48.5 Å². The molecule has 0 aromatic heterocycles. The number of nitrogens with two attached hydrogens (primary N) is 1. The first-order valence-electron chi connectivity index (χ1n) is 8.50. The Morgan fingerprint density at radius 1 is 0.667 bits per heavy atom. The SMILES string of the molecule is NCCOC([c-]1cccc1)[c-]1cccc1.[Fe+2].[Fe+2].c1cc[cH-]c1.c1cc[cH-]c1. The van der Waals surface area contributed by atoms with Crippen LogP contribution in [0.2, 0.25) is 0 Å². The van der Waals surface area contributed by atoms with Gasteiger partial charge in [-0.2, -0.15) is 60.7 Å². The van der Waals surface area contributed by atoms with Crippen molar-refractivity contribution in [2.75, 3.05) is 13.2 Å². The van der Waals surface area contributed by atoms with Gasteiger partial charge >= 0.3 is 34.1 Å². The van der Waals surface area contributed by atoms with E-state index in [4.69, 9.17) is 10.5 Å². The van der Waals surface area contributed by atoms with Crippen molar-refractivity contribution in [2.24, 2.45) is 5.73 Å². The van der Waals surface area contributed by atoms with Gasteiger partial charge < -0.3 is 10.5 Å². The fraction of sp³-hybridized carbons (Fsp3) is 0.130. The predicted molar refractivity (Wildman–Crippen MR) is 105 cm³/mol. The second-order valence-electron chi connectivity index (χ2n) is 5.40. The average molecular weight is 443 g/mol. The van der Waals surface area contributed by atoms with Crippen LogP contribution >= 0.6 is 0 Å². The monoisotopic (exact) mass is 443 g/mol.